The summed E-state index contributed by atoms with van der Waals surface area (Å²) in [7, 11) is 0. The van der Waals surface area contributed by atoms with Crippen LogP contribution in [0, 0.1) is 0 Å². The van der Waals surface area contributed by atoms with Crippen molar-refractivity contribution in [1.82, 2.24) is 0 Å². The predicted octanol–water partition coefficient (Wildman–Crippen LogP) is 0.948. The summed E-state index contributed by atoms with van der Waals surface area (Å²) >= 11 is 4.92. The summed E-state index contributed by atoms with van der Waals surface area (Å²) in [4.78, 5) is 31.5. The molecule has 1 aromatic rings. The van der Waals surface area contributed by atoms with Crippen molar-refractivity contribution in [2.45, 2.75) is 18.9 Å². The SMILES string of the molecule is O=C(O)CC[C@H](OP(O)(=S)c1ccccc1)C(=O)O. The number of carbonyl (C=O) groups is 2. The van der Waals surface area contributed by atoms with Crippen molar-refractivity contribution >= 4 is 35.5 Å². The first-order chi connectivity index (χ1) is 8.83. The molecule has 0 bridgehead atoms. The fraction of sp³-hybridized carbons (Fsp3) is 0.273. The van der Waals surface area contributed by atoms with E-state index in [0.717, 1.165) is 0 Å². The van der Waals surface area contributed by atoms with Crippen LogP contribution in [0.2, 0.25) is 0 Å². The lowest BCUT2D eigenvalue weighted by atomic mass is 10.2. The Morgan fingerprint density at radius 2 is 1.84 bits per heavy atom. The number of aliphatic carboxylic acids is 2. The third-order valence-electron chi connectivity index (χ3n) is 2.25. The molecule has 0 fully saturated rings. The Morgan fingerprint density at radius 1 is 1.26 bits per heavy atom. The second kappa shape index (κ2) is 6.77. The molecule has 3 N–H and O–H groups in total. The lowest BCUT2D eigenvalue weighted by molar-refractivity contribution is -0.146. The third kappa shape index (κ3) is 5.08. The fourth-order valence-electron chi connectivity index (χ4n) is 1.33. The van der Waals surface area contributed by atoms with E-state index < -0.39 is 24.5 Å². The van der Waals surface area contributed by atoms with Gasteiger partial charge in [-0.3, -0.25) is 4.79 Å². The first kappa shape index (κ1) is 15.8. The van der Waals surface area contributed by atoms with E-state index in [1.165, 1.54) is 12.1 Å². The molecule has 0 aliphatic heterocycles. The highest BCUT2D eigenvalue weighted by molar-refractivity contribution is 8.13. The summed E-state index contributed by atoms with van der Waals surface area (Å²) in [6.07, 6.45) is -2.07. The Kier molecular flexibility index (Phi) is 5.62. The molecule has 2 atom stereocenters. The van der Waals surface area contributed by atoms with Gasteiger partial charge in [-0.25, -0.2) is 4.79 Å². The summed E-state index contributed by atoms with van der Waals surface area (Å²) in [6.45, 7) is -3.46. The van der Waals surface area contributed by atoms with E-state index in [9.17, 15) is 14.5 Å². The van der Waals surface area contributed by atoms with Gasteiger partial charge in [-0.15, -0.1) is 0 Å². The minimum Gasteiger partial charge on any atom is -0.481 e. The van der Waals surface area contributed by atoms with Crippen molar-refractivity contribution < 1.29 is 29.2 Å². The van der Waals surface area contributed by atoms with Crippen molar-refractivity contribution in [3.05, 3.63) is 30.3 Å². The molecule has 0 aromatic heterocycles. The van der Waals surface area contributed by atoms with Crippen molar-refractivity contribution in [3.63, 3.8) is 0 Å². The standard InChI is InChI=1S/C11H13O6PS/c12-10(13)7-6-9(11(14)15)17-18(16,19)8-4-2-1-3-5-8/h1-5,9H,6-7H2,(H,12,13)(H,14,15)(H,16,19)/t9-,18?/m0/s1. The number of hydrogen-bond acceptors (Lipinski definition) is 4. The number of hydrogen-bond donors (Lipinski definition) is 3. The highest BCUT2D eigenvalue weighted by Gasteiger charge is 2.28. The molecule has 8 heteroatoms. The van der Waals surface area contributed by atoms with E-state index in [4.69, 9.17) is 26.5 Å². The maximum absolute atomic E-state index is 11.0. The van der Waals surface area contributed by atoms with E-state index in [1.54, 1.807) is 18.2 Å². The monoisotopic (exact) mass is 304 g/mol. The molecule has 1 unspecified atom stereocenters. The van der Waals surface area contributed by atoms with Crippen LogP contribution in [-0.4, -0.2) is 33.1 Å². The zero-order chi connectivity index (χ0) is 14.5. The zero-order valence-corrected chi connectivity index (χ0v) is 11.5. The number of carboxylic acids is 2. The zero-order valence-electron chi connectivity index (χ0n) is 9.80. The van der Waals surface area contributed by atoms with E-state index in [2.05, 4.69) is 0 Å². The Bertz CT molecular complexity index is 503. The smallest absolute Gasteiger partial charge is 0.333 e. The molecule has 0 radical (unpaired) electrons. The maximum atomic E-state index is 11.0. The highest BCUT2D eigenvalue weighted by Crippen LogP contribution is 2.43. The van der Waals surface area contributed by atoms with Gasteiger partial charge in [0.15, 0.2) is 6.10 Å². The molecule has 0 saturated heterocycles. The number of rotatable bonds is 7. The van der Waals surface area contributed by atoms with Crippen molar-refractivity contribution in [3.8, 4) is 0 Å². The Hall–Kier alpha value is -1.27. The first-order valence-electron chi connectivity index (χ1n) is 5.34. The number of benzene rings is 1. The van der Waals surface area contributed by atoms with Crippen molar-refractivity contribution in [2.24, 2.45) is 0 Å². The molecule has 0 spiro atoms. The summed E-state index contributed by atoms with van der Waals surface area (Å²) in [5, 5.41) is 17.8. The van der Waals surface area contributed by atoms with Crippen LogP contribution in [0.5, 0.6) is 0 Å². The van der Waals surface area contributed by atoms with Gasteiger partial charge in [0, 0.05) is 11.7 Å². The molecule has 0 amide bonds. The maximum Gasteiger partial charge on any atom is 0.333 e. The lowest BCUT2D eigenvalue weighted by Crippen LogP contribution is -2.25. The van der Waals surface area contributed by atoms with Crippen LogP contribution in [0.25, 0.3) is 0 Å². The summed E-state index contributed by atoms with van der Waals surface area (Å²) in [5.74, 6) is -2.48. The van der Waals surface area contributed by atoms with Gasteiger partial charge in [-0.1, -0.05) is 18.2 Å². The van der Waals surface area contributed by atoms with Crippen LogP contribution < -0.4 is 5.30 Å². The second-order valence-corrected chi connectivity index (χ2v) is 6.97. The van der Waals surface area contributed by atoms with E-state index >= 15 is 0 Å². The van der Waals surface area contributed by atoms with Gasteiger partial charge in [0.2, 0.25) is 6.49 Å². The molecule has 0 aliphatic carbocycles. The van der Waals surface area contributed by atoms with Gasteiger partial charge >= 0.3 is 11.9 Å². The van der Waals surface area contributed by atoms with Crippen LogP contribution in [0.15, 0.2) is 30.3 Å². The first-order valence-corrected chi connectivity index (χ1v) is 8.01. The van der Waals surface area contributed by atoms with E-state index in [0.29, 0.717) is 5.30 Å². The molecule has 0 aliphatic rings. The van der Waals surface area contributed by atoms with Crippen LogP contribution in [-0.2, 0) is 25.9 Å². The molecule has 0 heterocycles. The van der Waals surface area contributed by atoms with Crippen molar-refractivity contribution in [2.75, 3.05) is 0 Å². The van der Waals surface area contributed by atoms with Gasteiger partial charge < -0.3 is 19.6 Å². The molecular formula is C11H13O6PS. The molecule has 104 valence electrons. The van der Waals surface area contributed by atoms with Gasteiger partial charge in [-0.2, -0.15) is 0 Å². The van der Waals surface area contributed by atoms with Gasteiger partial charge in [0.25, 0.3) is 0 Å². The van der Waals surface area contributed by atoms with Crippen LogP contribution in [0.4, 0.5) is 0 Å². The topological polar surface area (TPSA) is 104 Å². The molecule has 1 rings (SSSR count). The summed E-state index contributed by atoms with van der Waals surface area (Å²) < 4.78 is 5.05. The fourth-order valence-corrected chi connectivity index (χ4v) is 3.21. The molecular weight excluding hydrogens is 291 g/mol. The van der Waals surface area contributed by atoms with Crippen LogP contribution >= 0.6 is 6.49 Å². The van der Waals surface area contributed by atoms with Gasteiger partial charge in [0.1, 0.15) is 0 Å². The van der Waals surface area contributed by atoms with Gasteiger partial charge in [0.05, 0.1) is 0 Å². The van der Waals surface area contributed by atoms with E-state index in [-0.39, 0.29) is 12.8 Å². The molecule has 1 aromatic carbocycles. The third-order valence-corrected chi connectivity index (χ3v) is 4.63. The number of carboxylic acid groups (broad SMARTS) is 2. The Balaban J connectivity index is 2.81. The second-order valence-electron chi connectivity index (χ2n) is 3.72. The summed E-state index contributed by atoms with van der Waals surface area (Å²) in [6, 6.07) is 8.08. The lowest BCUT2D eigenvalue weighted by Gasteiger charge is -2.20. The quantitative estimate of drug-likeness (QED) is 0.644. The van der Waals surface area contributed by atoms with Crippen LogP contribution in [0.1, 0.15) is 12.8 Å². The predicted molar refractivity (Wildman–Crippen MR) is 72.0 cm³/mol. The minimum absolute atomic E-state index is 0.254. The summed E-state index contributed by atoms with van der Waals surface area (Å²) in [5.41, 5.74) is 0. The largest absolute Gasteiger partial charge is 0.481 e. The Labute approximate surface area is 114 Å². The van der Waals surface area contributed by atoms with Gasteiger partial charge in [-0.05, 0) is 30.4 Å². The average molecular weight is 304 g/mol. The van der Waals surface area contributed by atoms with Crippen molar-refractivity contribution in [1.29, 1.82) is 0 Å². The Morgan fingerprint density at radius 3 is 2.32 bits per heavy atom. The molecule has 0 saturated carbocycles. The average Bonchev–Trinajstić information content (AvgIpc) is 2.35. The normalized spacial score (nSPS) is 15.4. The minimum atomic E-state index is -3.46. The molecule has 19 heavy (non-hydrogen) atoms. The van der Waals surface area contributed by atoms with Crippen LogP contribution in [0.3, 0.4) is 0 Å². The molecule has 6 nitrogen and oxygen atoms in total. The van der Waals surface area contributed by atoms with E-state index in [1.807, 2.05) is 0 Å². The highest BCUT2D eigenvalue weighted by atomic mass is 32.5.